The molecule has 2 aromatic rings. The van der Waals surface area contributed by atoms with Crippen LogP contribution >= 0.6 is 0 Å². The molecule has 2 saturated heterocycles. The van der Waals surface area contributed by atoms with Crippen molar-refractivity contribution in [3.8, 4) is 0 Å². The third-order valence-corrected chi connectivity index (χ3v) is 9.96. The lowest BCUT2D eigenvalue weighted by molar-refractivity contribution is -0.137. The van der Waals surface area contributed by atoms with Crippen molar-refractivity contribution in [2.45, 2.75) is 108 Å². The van der Waals surface area contributed by atoms with Gasteiger partial charge in [-0.1, -0.05) is 31.9 Å². The van der Waals surface area contributed by atoms with Crippen LogP contribution in [0.25, 0.3) is 10.9 Å². The molecule has 7 heteroatoms. The summed E-state index contributed by atoms with van der Waals surface area (Å²) in [5, 5.41) is 9.91. The number of carboxylic acid groups (broad SMARTS) is 1. The summed E-state index contributed by atoms with van der Waals surface area (Å²) >= 11 is 0. The minimum atomic E-state index is -1.08. The van der Waals surface area contributed by atoms with Crippen LogP contribution in [0, 0.1) is 17.8 Å². The molecule has 6 rings (SSSR count). The van der Waals surface area contributed by atoms with Crippen LogP contribution in [0.3, 0.4) is 0 Å². The van der Waals surface area contributed by atoms with E-state index in [1.54, 1.807) is 24.3 Å². The molecule has 0 spiro atoms. The van der Waals surface area contributed by atoms with Gasteiger partial charge in [-0.3, -0.25) is 23.6 Å². The molecule has 2 aliphatic heterocycles. The summed E-state index contributed by atoms with van der Waals surface area (Å²) in [5.41, 5.74) is -0.343. The van der Waals surface area contributed by atoms with Gasteiger partial charge in [0.15, 0.2) is 0 Å². The zero-order valence-electron chi connectivity index (χ0n) is 21.3. The van der Waals surface area contributed by atoms with E-state index in [9.17, 15) is 19.5 Å². The molecule has 36 heavy (non-hydrogen) atoms. The van der Waals surface area contributed by atoms with Crippen LogP contribution in [0.15, 0.2) is 33.9 Å². The standard InChI is InChI=1S/C29H39N3O4/c1-2-18-10-19-12-20(11-18)14-23(13-19)31-21-6-5-7-22(31)16-24(15-21)32-28(35)25-8-3-4-9-26(25)30(29(32)36)17-27(33)34/h3-4,8-9,18-24H,2,5-7,10-17H2,1H3,(H,33,34). The Kier molecular flexibility index (Phi) is 6.30. The fraction of sp³-hybridized carbons (Fsp3) is 0.690. The van der Waals surface area contributed by atoms with Crippen LogP contribution < -0.4 is 11.2 Å². The number of fused-ring (bicyclic) bond motifs is 5. The second kappa shape index (κ2) is 9.47. The number of nitrogens with zero attached hydrogens (tertiary/aromatic N) is 3. The average molecular weight is 494 g/mol. The third-order valence-electron chi connectivity index (χ3n) is 9.96. The molecule has 2 saturated carbocycles. The van der Waals surface area contributed by atoms with Gasteiger partial charge in [-0.05, 0) is 87.7 Å². The van der Waals surface area contributed by atoms with Gasteiger partial charge in [-0.25, -0.2) is 4.79 Å². The van der Waals surface area contributed by atoms with Crippen molar-refractivity contribution in [3.63, 3.8) is 0 Å². The van der Waals surface area contributed by atoms with Crippen molar-refractivity contribution < 1.29 is 9.90 Å². The van der Waals surface area contributed by atoms with E-state index in [1.807, 2.05) is 0 Å². The van der Waals surface area contributed by atoms with E-state index in [4.69, 9.17) is 0 Å². The predicted molar refractivity (Wildman–Crippen MR) is 139 cm³/mol. The second-order valence-electron chi connectivity index (χ2n) is 12.1. The van der Waals surface area contributed by atoms with Gasteiger partial charge < -0.3 is 5.11 Å². The monoisotopic (exact) mass is 493 g/mol. The summed E-state index contributed by atoms with van der Waals surface area (Å²) in [6, 6.07) is 8.18. The summed E-state index contributed by atoms with van der Waals surface area (Å²) in [5.74, 6) is 1.55. The highest BCUT2D eigenvalue weighted by Crippen LogP contribution is 2.48. The summed E-state index contributed by atoms with van der Waals surface area (Å²) in [7, 11) is 0. The van der Waals surface area contributed by atoms with Gasteiger partial charge in [0.05, 0.1) is 10.9 Å². The molecule has 2 aliphatic carbocycles. The van der Waals surface area contributed by atoms with Gasteiger partial charge in [0.25, 0.3) is 5.56 Å². The molecule has 1 N–H and O–H groups in total. The van der Waals surface area contributed by atoms with E-state index in [0.29, 0.717) is 29.0 Å². The van der Waals surface area contributed by atoms with Gasteiger partial charge in [0, 0.05) is 24.2 Å². The van der Waals surface area contributed by atoms with Crippen molar-refractivity contribution in [2.24, 2.45) is 17.8 Å². The van der Waals surface area contributed by atoms with Crippen molar-refractivity contribution >= 4 is 16.9 Å². The van der Waals surface area contributed by atoms with E-state index in [-0.39, 0.29) is 11.6 Å². The molecule has 1 aromatic carbocycles. The maximum Gasteiger partial charge on any atom is 0.332 e. The molecule has 4 aliphatic rings. The molecule has 194 valence electrons. The van der Waals surface area contributed by atoms with Crippen LogP contribution in [0.2, 0.25) is 0 Å². The molecular weight excluding hydrogens is 454 g/mol. The largest absolute Gasteiger partial charge is 0.480 e. The number of aliphatic carboxylic acids is 1. The molecule has 0 amide bonds. The first-order valence-electron chi connectivity index (χ1n) is 14.2. The summed E-state index contributed by atoms with van der Waals surface area (Å²) in [6.45, 7) is 1.91. The molecule has 4 atom stereocenters. The fourth-order valence-electron chi connectivity index (χ4n) is 8.68. The number of rotatable bonds is 5. The normalized spacial score (nSPS) is 34.5. The minimum Gasteiger partial charge on any atom is -0.480 e. The number of aromatic nitrogens is 2. The number of hydrogen-bond donors (Lipinski definition) is 1. The average Bonchev–Trinajstić information content (AvgIpc) is 2.85. The first-order chi connectivity index (χ1) is 17.4. The Hall–Kier alpha value is -2.41. The second-order valence-corrected chi connectivity index (χ2v) is 12.1. The molecule has 4 bridgehead atoms. The lowest BCUT2D eigenvalue weighted by Gasteiger charge is -2.55. The number of benzene rings is 1. The van der Waals surface area contributed by atoms with E-state index in [2.05, 4.69) is 11.8 Å². The quantitative estimate of drug-likeness (QED) is 0.667. The highest BCUT2D eigenvalue weighted by atomic mass is 16.4. The Morgan fingerprint density at radius 2 is 1.56 bits per heavy atom. The number of hydrogen-bond acceptors (Lipinski definition) is 4. The summed E-state index contributed by atoms with van der Waals surface area (Å²) < 4.78 is 2.68. The van der Waals surface area contributed by atoms with Crippen LogP contribution in [0.4, 0.5) is 0 Å². The molecule has 1 aromatic heterocycles. The summed E-state index contributed by atoms with van der Waals surface area (Å²) in [4.78, 5) is 41.6. The van der Waals surface area contributed by atoms with Crippen molar-refractivity contribution in [3.05, 3.63) is 45.1 Å². The van der Waals surface area contributed by atoms with E-state index in [0.717, 1.165) is 43.4 Å². The number of carbonyl (C=O) groups is 1. The highest BCUT2D eigenvalue weighted by molar-refractivity contribution is 5.79. The fourth-order valence-corrected chi connectivity index (χ4v) is 8.68. The van der Waals surface area contributed by atoms with Crippen molar-refractivity contribution in [1.29, 1.82) is 0 Å². The van der Waals surface area contributed by atoms with E-state index < -0.39 is 18.2 Å². The Morgan fingerprint density at radius 3 is 2.19 bits per heavy atom. The zero-order valence-corrected chi connectivity index (χ0v) is 21.3. The SMILES string of the molecule is CCC1CC2CC(C1)CC(N1C3CCCC1CC(n1c(=O)c4ccccc4n(CC(=O)O)c1=O)C3)C2. The Morgan fingerprint density at radius 1 is 0.889 bits per heavy atom. The number of piperidine rings is 2. The Balaban J connectivity index is 1.31. The summed E-state index contributed by atoms with van der Waals surface area (Å²) in [6.07, 6.45) is 13.2. The molecule has 3 heterocycles. The lowest BCUT2D eigenvalue weighted by atomic mass is 9.64. The molecule has 0 radical (unpaired) electrons. The van der Waals surface area contributed by atoms with Gasteiger partial charge >= 0.3 is 11.7 Å². The number of para-hydroxylation sites is 1. The van der Waals surface area contributed by atoms with Gasteiger partial charge in [0.1, 0.15) is 6.54 Å². The zero-order chi connectivity index (χ0) is 25.0. The van der Waals surface area contributed by atoms with Crippen LogP contribution in [0.5, 0.6) is 0 Å². The maximum absolute atomic E-state index is 13.6. The predicted octanol–water partition coefficient (Wildman–Crippen LogP) is 4.41. The van der Waals surface area contributed by atoms with Crippen molar-refractivity contribution in [1.82, 2.24) is 14.0 Å². The smallest absolute Gasteiger partial charge is 0.332 e. The lowest BCUT2D eigenvalue weighted by Crippen LogP contribution is -2.59. The molecule has 7 nitrogen and oxygen atoms in total. The Bertz CT molecular complexity index is 1240. The van der Waals surface area contributed by atoms with Crippen LogP contribution in [-0.4, -0.2) is 43.2 Å². The molecular formula is C29H39N3O4. The van der Waals surface area contributed by atoms with Gasteiger partial charge in [-0.2, -0.15) is 0 Å². The van der Waals surface area contributed by atoms with Crippen LogP contribution in [-0.2, 0) is 11.3 Å². The molecule has 4 fully saturated rings. The minimum absolute atomic E-state index is 0.172. The highest BCUT2D eigenvalue weighted by Gasteiger charge is 2.46. The molecule has 4 unspecified atom stereocenters. The first-order valence-corrected chi connectivity index (χ1v) is 14.2. The van der Waals surface area contributed by atoms with Gasteiger partial charge in [-0.15, -0.1) is 0 Å². The van der Waals surface area contributed by atoms with Crippen LogP contribution in [0.1, 0.15) is 83.6 Å². The third kappa shape index (κ3) is 4.13. The Labute approximate surface area is 212 Å². The van der Waals surface area contributed by atoms with Crippen molar-refractivity contribution in [2.75, 3.05) is 0 Å². The van der Waals surface area contributed by atoms with E-state index >= 15 is 0 Å². The van der Waals surface area contributed by atoms with E-state index in [1.165, 1.54) is 54.1 Å². The maximum atomic E-state index is 13.6. The number of carboxylic acids is 1. The topological polar surface area (TPSA) is 84.5 Å². The first kappa shape index (κ1) is 24.0. The van der Waals surface area contributed by atoms with Gasteiger partial charge in [0.2, 0.25) is 0 Å².